The number of rotatable bonds is 20. The Morgan fingerprint density at radius 3 is 0.900 bits per heavy atom. The van der Waals surface area contributed by atoms with Gasteiger partial charge in [-0.15, -0.1) is 0 Å². The third-order valence-corrected chi connectivity index (χ3v) is 10.3. The van der Waals surface area contributed by atoms with E-state index in [-0.39, 0.29) is 19.3 Å². The van der Waals surface area contributed by atoms with Gasteiger partial charge in [0.1, 0.15) is 68.1 Å². The topological polar surface area (TPSA) is 292 Å². The van der Waals surface area contributed by atoms with Gasteiger partial charge < -0.3 is 71.1 Å². The number of carbonyl (C=O) groups excluding carboxylic acids is 9. The first kappa shape index (κ1) is 43.6. The SMILES string of the molecule is CCC1OC(=O)OC1CC1OC(=O)OC1CC(=O)OCC(COC(=O)CC1OC(=O)OC1CC1OC(=O)OC1CC)OC(=O)CC1OC(=O)OC1CC1OC(=O)OC1CC. The van der Waals surface area contributed by atoms with Crippen LogP contribution < -0.4 is 0 Å². The Kier molecular flexibility index (Phi) is 14.1. The predicted molar refractivity (Wildman–Crippen MR) is 181 cm³/mol. The molecule has 6 aliphatic rings. The summed E-state index contributed by atoms with van der Waals surface area (Å²) in [7, 11) is 0. The van der Waals surface area contributed by atoms with Crippen LogP contribution in [0.1, 0.15) is 78.6 Å². The first-order chi connectivity index (χ1) is 28.7. The molecule has 6 rings (SSSR count). The van der Waals surface area contributed by atoms with Gasteiger partial charge in [-0.05, 0) is 19.3 Å². The molecule has 6 saturated heterocycles. The fraction of sp³-hybridized carbons (Fsp3) is 0.750. The highest BCUT2D eigenvalue weighted by Crippen LogP contribution is 2.32. The molecule has 6 aliphatic heterocycles. The lowest BCUT2D eigenvalue weighted by Crippen LogP contribution is -2.37. The Balaban J connectivity index is 1.06. The Hall–Kier alpha value is -5.97. The van der Waals surface area contributed by atoms with E-state index in [0.717, 1.165) is 0 Å². The Morgan fingerprint density at radius 1 is 0.383 bits per heavy atom. The van der Waals surface area contributed by atoms with E-state index in [1.807, 2.05) is 0 Å². The molecule has 0 aromatic heterocycles. The molecule has 24 heteroatoms. The second kappa shape index (κ2) is 19.4. The number of esters is 3. The minimum atomic E-state index is -1.48. The number of hydrogen-bond acceptors (Lipinski definition) is 24. The molecule has 12 unspecified atom stereocenters. The zero-order valence-corrected chi connectivity index (χ0v) is 32.6. The van der Waals surface area contributed by atoms with Crippen LogP contribution in [0.25, 0.3) is 0 Å². The lowest BCUT2D eigenvalue weighted by Gasteiger charge is -2.22. The molecule has 6 heterocycles. The summed E-state index contributed by atoms with van der Waals surface area (Å²) < 4.78 is 77.8. The van der Waals surface area contributed by atoms with Crippen molar-refractivity contribution in [2.45, 2.75) is 158 Å². The van der Waals surface area contributed by atoms with E-state index in [1.165, 1.54) is 0 Å². The molecule has 0 aromatic rings. The quantitative estimate of drug-likeness (QED) is 0.125. The molecular weight excluding hydrogens is 816 g/mol. The molecule has 0 saturated carbocycles. The maximum Gasteiger partial charge on any atom is 0.509 e. The van der Waals surface area contributed by atoms with Gasteiger partial charge in [-0.2, -0.15) is 0 Å². The predicted octanol–water partition coefficient (Wildman–Crippen LogP) is 2.98. The van der Waals surface area contributed by atoms with Crippen LogP contribution in [0.3, 0.4) is 0 Å². The van der Waals surface area contributed by atoms with Crippen LogP contribution in [0.2, 0.25) is 0 Å². The Morgan fingerprint density at radius 2 is 0.617 bits per heavy atom. The summed E-state index contributed by atoms with van der Waals surface area (Å²) in [6, 6.07) is 0. The molecule has 6 fully saturated rings. The molecule has 332 valence electrons. The zero-order valence-electron chi connectivity index (χ0n) is 32.6. The maximum atomic E-state index is 13.3. The summed E-state index contributed by atoms with van der Waals surface area (Å²) >= 11 is 0. The normalized spacial score (nSPS) is 33.2. The number of hydrogen-bond donors (Lipinski definition) is 0. The van der Waals surface area contributed by atoms with Crippen molar-refractivity contribution < 1.29 is 114 Å². The van der Waals surface area contributed by atoms with Gasteiger partial charge in [0, 0.05) is 19.3 Å². The van der Waals surface area contributed by atoms with Gasteiger partial charge in [0.05, 0.1) is 19.3 Å². The largest absolute Gasteiger partial charge is 0.509 e. The third kappa shape index (κ3) is 11.2. The fourth-order valence-corrected chi connectivity index (χ4v) is 7.34. The standard InChI is InChI=1S/C36H44O24/c1-4-16-19(52-31(40)49-16)7-22-25(58-34(43)55-22)10-28(37)46-13-15(48-30(39)12-27-24(57-36(45)60-27)9-21-18(6-3)51-33(42)54-21)14-47-29(38)11-26-23(56-35(44)59-26)8-20-17(5-2)50-32(41)53-20/h15-27H,4-14H2,1-3H3. The minimum Gasteiger partial charge on any atom is -0.461 e. The summed E-state index contributed by atoms with van der Waals surface area (Å²) in [5.74, 6) is -2.93. The first-order valence-electron chi connectivity index (χ1n) is 19.4. The van der Waals surface area contributed by atoms with Gasteiger partial charge in [0.15, 0.2) is 24.4 Å². The summed E-state index contributed by atoms with van der Waals surface area (Å²) in [5.41, 5.74) is 0. The Labute approximate surface area is 340 Å². The first-order valence-corrected chi connectivity index (χ1v) is 19.4. The number of carbonyl (C=O) groups is 9. The van der Waals surface area contributed by atoms with E-state index in [2.05, 4.69) is 0 Å². The summed E-state index contributed by atoms with van der Waals surface area (Å²) in [6.45, 7) is 3.86. The maximum absolute atomic E-state index is 13.3. The van der Waals surface area contributed by atoms with Gasteiger partial charge >= 0.3 is 54.8 Å². The van der Waals surface area contributed by atoms with Crippen LogP contribution in [-0.4, -0.2) is 147 Å². The van der Waals surface area contributed by atoms with E-state index < -0.39 is 167 Å². The van der Waals surface area contributed by atoms with Crippen LogP contribution >= 0.6 is 0 Å². The smallest absolute Gasteiger partial charge is 0.461 e. The van der Waals surface area contributed by atoms with Gasteiger partial charge in [0.2, 0.25) is 0 Å². The minimum absolute atomic E-state index is 0.0448. The molecule has 0 spiro atoms. The van der Waals surface area contributed by atoms with Crippen LogP contribution in [0.4, 0.5) is 28.8 Å². The molecule has 0 bridgehead atoms. The monoisotopic (exact) mass is 860 g/mol. The van der Waals surface area contributed by atoms with Gasteiger partial charge in [0.25, 0.3) is 0 Å². The highest BCUT2D eigenvalue weighted by atomic mass is 16.8. The van der Waals surface area contributed by atoms with Gasteiger partial charge in [-0.25, -0.2) is 28.8 Å². The van der Waals surface area contributed by atoms with Crippen LogP contribution in [0, 0.1) is 0 Å². The Bertz CT molecular complexity index is 1580. The summed E-state index contributed by atoms with van der Waals surface area (Å²) in [6.07, 6.45) is -18.9. The molecule has 0 aromatic carbocycles. The van der Waals surface area contributed by atoms with Crippen molar-refractivity contribution in [3.63, 3.8) is 0 Å². The average molecular weight is 861 g/mol. The molecular formula is C36H44O24. The van der Waals surface area contributed by atoms with Crippen LogP contribution in [0.15, 0.2) is 0 Å². The summed E-state index contributed by atoms with van der Waals surface area (Å²) in [4.78, 5) is 110. The van der Waals surface area contributed by atoms with E-state index in [1.54, 1.807) is 20.8 Å². The fourth-order valence-electron chi connectivity index (χ4n) is 7.34. The second-order valence-electron chi connectivity index (χ2n) is 14.4. The van der Waals surface area contributed by atoms with Crippen molar-refractivity contribution in [3.8, 4) is 0 Å². The molecule has 60 heavy (non-hydrogen) atoms. The van der Waals surface area contributed by atoms with Gasteiger partial charge in [-0.1, -0.05) is 20.8 Å². The van der Waals surface area contributed by atoms with Crippen LogP contribution in [0.5, 0.6) is 0 Å². The number of ether oxygens (including phenoxy) is 15. The van der Waals surface area contributed by atoms with E-state index in [9.17, 15) is 43.2 Å². The van der Waals surface area contributed by atoms with E-state index >= 15 is 0 Å². The third-order valence-electron chi connectivity index (χ3n) is 10.3. The van der Waals surface area contributed by atoms with E-state index in [0.29, 0.717) is 19.3 Å². The van der Waals surface area contributed by atoms with Crippen molar-refractivity contribution in [2.24, 2.45) is 0 Å². The molecule has 0 radical (unpaired) electrons. The lowest BCUT2D eigenvalue weighted by molar-refractivity contribution is -0.169. The van der Waals surface area contributed by atoms with Crippen molar-refractivity contribution in [2.75, 3.05) is 13.2 Å². The van der Waals surface area contributed by atoms with Gasteiger partial charge in [-0.3, -0.25) is 14.4 Å². The zero-order chi connectivity index (χ0) is 43.1. The van der Waals surface area contributed by atoms with E-state index in [4.69, 9.17) is 71.1 Å². The lowest BCUT2D eigenvalue weighted by atomic mass is 10.00. The molecule has 0 aliphatic carbocycles. The average Bonchev–Trinajstić information content (AvgIpc) is 4.04. The highest BCUT2D eigenvalue weighted by molar-refractivity contribution is 5.74. The highest BCUT2D eigenvalue weighted by Gasteiger charge is 2.48. The second-order valence-corrected chi connectivity index (χ2v) is 14.4. The van der Waals surface area contributed by atoms with Crippen molar-refractivity contribution in [1.82, 2.24) is 0 Å². The number of cyclic esters (lactones) is 12. The van der Waals surface area contributed by atoms with Crippen molar-refractivity contribution in [3.05, 3.63) is 0 Å². The van der Waals surface area contributed by atoms with Crippen LogP contribution in [-0.2, 0) is 85.4 Å². The van der Waals surface area contributed by atoms with Crippen molar-refractivity contribution >= 4 is 54.8 Å². The molecule has 24 nitrogen and oxygen atoms in total. The molecule has 12 atom stereocenters. The summed E-state index contributed by atoms with van der Waals surface area (Å²) in [5, 5.41) is 0. The molecule has 0 amide bonds. The molecule has 0 N–H and O–H groups in total. The van der Waals surface area contributed by atoms with Crippen molar-refractivity contribution in [1.29, 1.82) is 0 Å².